The van der Waals surface area contributed by atoms with Gasteiger partial charge in [-0.3, -0.25) is 4.79 Å². The van der Waals surface area contributed by atoms with Crippen LogP contribution in [-0.4, -0.2) is 21.6 Å². The van der Waals surface area contributed by atoms with E-state index < -0.39 is 5.60 Å². The molecule has 0 bridgehead atoms. The van der Waals surface area contributed by atoms with Gasteiger partial charge in [0.15, 0.2) is 0 Å². The number of hydrogen-bond donors (Lipinski definition) is 2. The van der Waals surface area contributed by atoms with Crippen molar-refractivity contribution in [2.45, 2.75) is 57.6 Å². The molecule has 0 aliphatic heterocycles. The standard InChI is InChI=1S/C13H20N2O2S/c1-9-8-18-12(14-9)10(2)15-11(16)7-13(17)5-3-4-6-13/h8,10,17H,3-7H2,1-2H3,(H,15,16). The van der Waals surface area contributed by atoms with E-state index in [1.165, 1.54) is 0 Å². The Kier molecular flexibility index (Phi) is 4.02. The first-order valence-electron chi connectivity index (χ1n) is 6.42. The molecule has 1 unspecified atom stereocenters. The minimum Gasteiger partial charge on any atom is -0.389 e. The maximum absolute atomic E-state index is 11.9. The Morgan fingerprint density at radius 1 is 1.61 bits per heavy atom. The fourth-order valence-electron chi connectivity index (χ4n) is 2.43. The Bertz CT molecular complexity index is 424. The van der Waals surface area contributed by atoms with Crippen LogP contribution >= 0.6 is 11.3 Å². The van der Waals surface area contributed by atoms with Gasteiger partial charge in [0.2, 0.25) is 5.91 Å². The van der Waals surface area contributed by atoms with Gasteiger partial charge in [-0.15, -0.1) is 11.3 Å². The van der Waals surface area contributed by atoms with Crippen molar-refractivity contribution in [1.82, 2.24) is 10.3 Å². The van der Waals surface area contributed by atoms with Gasteiger partial charge in [0.1, 0.15) is 5.01 Å². The molecule has 1 aliphatic carbocycles. The minimum absolute atomic E-state index is 0.0822. The van der Waals surface area contributed by atoms with E-state index in [1.54, 1.807) is 11.3 Å². The average molecular weight is 268 g/mol. The molecule has 1 atom stereocenters. The summed E-state index contributed by atoms with van der Waals surface area (Å²) in [5.74, 6) is -0.0836. The van der Waals surface area contributed by atoms with Crippen molar-refractivity contribution in [2.24, 2.45) is 0 Å². The number of carbonyl (C=O) groups excluding carboxylic acids is 1. The Hall–Kier alpha value is -0.940. The number of thiazole rings is 1. The minimum atomic E-state index is -0.775. The number of aromatic nitrogens is 1. The number of rotatable bonds is 4. The maximum atomic E-state index is 11.9. The molecule has 5 heteroatoms. The predicted octanol–water partition coefficient (Wildman–Crippen LogP) is 2.32. The molecule has 1 saturated carbocycles. The molecule has 1 fully saturated rings. The molecular formula is C13H20N2O2S. The van der Waals surface area contributed by atoms with Gasteiger partial charge in [-0.25, -0.2) is 4.98 Å². The maximum Gasteiger partial charge on any atom is 0.223 e. The van der Waals surface area contributed by atoms with Crippen LogP contribution in [-0.2, 0) is 4.79 Å². The molecule has 0 spiro atoms. The summed E-state index contributed by atoms with van der Waals surface area (Å²) < 4.78 is 0. The van der Waals surface area contributed by atoms with Gasteiger partial charge in [-0.05, 0) is 26.7 Å². The second kappa shape index (κ2) is 5.36. The van der Waals surface area contributed by atoms with Gasteiger partial charge in [0.05, 0.1) is 18.1 Å². The van der Waals surface area contributed by atoms with Crippen LogP contribution in [0.1, 0.15) is 55.8 Å². The Balaban J connectivity index is 1.87. The largest absolute Gasteiger partial charge is 0.389 e. The van der Waals surface area contributed by atoms with Crippen LogP contribution in [0, 0.1) is 6.92 Å². The molecule has 1 amide bonds. The molecule has 2 rings (SSSR count). The normalized spacial score (nSPS) is 19.7. The molecule has 2 N–H and O–H groups in total. The van der Waals surface area contributed by atoms with Crippen molar-refractivity contribution in [1.29, 1.82) is 0 Å². The summed E-state index contributed by atoms with van der Waals surface area (Å²) in [5.41, 5.74) is 0.202. The fourth-order valence-corrected chi connectivity index (χ4v) is 3.24. The zero-order valence-electron chi connectivity index (χ0n) is 10.9. The number of carbonyl (C=O) groups is 1. The van der Waals surface area contributed by atoms with E-state index in [0.717, 1.165) is 36.4 Å². The Morgan fingerprint density at radius 2 is 2.28 bits per heavy atom. The van der Waals surface area contributed by atoms with Crippen molar-refractivity contribution < 1.29 is 9.90 Å². The van der Waals surface area contributed by atoms with Crippen molar-refractivity contribution in [3.8, 4) is 0 Å². The summed E-state index contributed by atoms with van der Waals surface area (Å²) >= 11 is 1.55. The van der Waals surface area contributed by atoms with E-state index in [-0.39, 0.29) is 18.4 Å². The van der Waals surface area contributed by atoms with Gasteiger partial charge < -0.3 is 10.4 Å². The van der Waals surface area contributed by atoms with Crippen molar-refractivity contribution in [2.75, 3.05) is 0 Å². The quantitative estimate of drug-likeness (QED) is 0.881. The van der Waals surface area contributed by atoms with Crippen LogP contribution in [0.15, 0.2) is 5.38 Å². The van der Waals surface area contributed by atoms with E-state index in [9.17, 15) is 9.90 Å². The molecule has 18 heavy (non-hydrogen) atoms. The Labute approximate surface area is 111 Å². The molecule has 4 nitrogen and oxygen atoms in total. The third-order valence-electron chi connectivity index (χ3n) is 3.41. The molecule has 1 heterocycles. The first kappa shape index (κ1) is 13.5. The predicted molar refractivity (Wildman–Crippen MR) is 71.4 cm³/mol. The molecule has 1 aromatic heterocycles. The first-order valence-corrected chi connectivity index (χ1v) is 7.30. The topological polar surface area (TPSA) is 62.2 Å². The van der Waals surface area contributed by atoms with E-state index in [0.29, 0.717) is 0 Å². The van der Waals surface area contributed by atoms with Crippen LogP contribution < -0.4 is 5.32 Å². The molecule has 0 aromatic carbocycles. The average Bonchev–Trinajstić information content (AvgIpc) is 2.87. The third-order valence-corrected chi connectivity index (χ3v) is 4.55. The van der Waals surface area contributed by atoms with Crippen molar-refractivity contribution in [3.05, 3.63) is 16.1 Å². The zero-order valence-corrected chi connectivity index (χ0v) is 11.7. The highest BCUT2D eigenvalue weighted by Gasteiger charge is 2.33. The molecule has 1 aromatic rings. The van der Waals surface area contributed by atoms with E-state index in [4.69, 9.17) is 0 Å². The molecular weight excluding hydrogens is 248 g/mol. The van der Waals surface area contributed by atoms with E-state index >= 15 is 0 Å². The SMILES string of the molecule is Cc1csc(C(C)NC(=O)CC2(O)CCCC2)n1. The smallest absolute Gasteiger partial charge is 0.223 e. The number of aliphatic hydroxyl groups is 1. The van der Waals surface area contributed by atoms with Crippen LogP contribution in [0.25, 0.3) is 0 Å². The molecule has 1 aliphatic rings. The second-order valence-corrected chi connectivity index (χ2v) is 6.11. The number of aryl methyl sites for hydroxylation is 1. The van der Waals surface area contributed by atoms with Gasteiger partial charge in [-0.1, -0.05) is 12.8 Å². The molecule has 0 radical (unpaired) electrons. The summed E-state index contributed by atoms with van der Waals surface area (Å²) in [6.45, 7) is 3.87. The monoisotopic (exact) mass is 268 g/mol. The van der Waals surface area contributed by atoms with E-state index in [1.807, 2.05) is 19.2 Å². The second-order valence-electron chi connectivity index (χ2n) is 5.22. The Morgan fingerprint density at radius 3 is 2.83 bits per heavy atom. The van der Waals surface area contributed by atoms with Crippen LogP contribution in [0.2, 0.25) is 0 Å². The summed E-state index contributed by atoms with van der Waals surface area (Å²) in [7, 11) is 0. The number of hydrogen-bond acceptors (Lipinski definition) is 4. The molecule has 0 saturated heterocycles. The van der Waals surface area contributed by atoms with E-state index in [2.05, 4.69) is 10.3 Å². The number of nitrogens with one attached hydrogen (secondary N) is 1. The zero-order chi connectivity index (χ0) is 13.2. The summed E-state index contributed by atoms with van der Waals surface area (Å²) in [6, 6.07) is -0.0822. The van der Waals surface area contributed by atoms with Crippen LogP contribution in [0.4, 0.5) is 0 Å². The van der Waals surface area contributed by atoms with Crippen LogP contribution in [0.5, 0.6) is 0 Å². The first-order chi connectivity index (χ1) is 8.48. The van der Waals surface area contributed by atoms with Gasteiger partial charge in [0, 0.05) is 11.1 Å². The summed E-state index contributed by atoms with van der Waals surface area (Å²) in [5, 5.41) is 16.0. The summed E-state index contributed by atoms with van der Waals surface area (Å²) in [6.07, 6.45) is 3.73. The van der Waals surface area contributed by atoms with Gasteiger partial charge in [-0.2, -0.15) is 0 Å². The lowest BCUT2D eigenvalue weighted by Crippen LogP contribution is -2.35. The highest BCUT2D eigenvalue weighted by atomic mass is 32.1. The van der Waals surface area contributed by atoms with Crippen molar-refractivity contribution in [3.63, 3.8) is 0 Å². The molecule has 100 valence electrons. The summed E-state index contributed by atoms with van der Waals surface area (Å²) in [4.78, 5) is 16.3. The van der Waals surface area contributed by atoms with Gasteiger partial charge in [0.25, 0.3) is 0 Å². The number of amides is 1. The van der Waals surface area contributed by atoms with Crippen LogP contribution in [0.3, 0.4) is 0 Å². The third kappa shape index (κ3) is 3.29. The van der Waals surface area contributed by atoms with Gasteiger partial charge >= 0.3 is 0 Å². The lowest BCUT2D eigenvalue weighted by atomic mass is 9.97. The van der Waals surface area contributed by atoms with Crippen molar-refractivity contribution >= 4 is 17.2 Å². The number of nitrogens with zero attached hydrogens (tertiary/aromatic N) is 1. The lowest BCUT2D eigenvalue weighted by molar-refractivity contribution is -0.126. The highest BCUT2D eigenvalue weighted by Crippen LogP contribution is 2.32. The lowest BCUT2D eigenvalue weighted by Gasteiger charge is -2.22. The highest BCUT2D eigenvalue weighted by molar-refractivity contribution is 7.09. The fraction of sp³-hybridized carbons (Fsp3) is 0.692.